The van der Waals surface area contributed by atoms with Crippen LogP contribution in [0.25, 0.3) is 0 Å². The van der Waals surface area contributed by atoms with Crippen LogP contribution in [0.15, 0.2) is 60.7 Å². The lowest BCUT2D eigenvalue weighted by Gasteiger charge is -2.43. The summed E-state index contributed by atoms with van der Waals surface area (Å²) >= 11 is 0. The largest absolute Gasteiger partial charge is 0.519 e. The van der Waals surface area contributed by atoms with Crippen LogP contribution in [-0.2, 0) is 4.79 Å². The lowest BCUT2D eigenvalue weighted by atomic mass is 9.95. The van der Waals surface area contributed by atoms with E-state index in [1.54, 1.807) is 0 Å². The van der Waals surface area contributed by atoms with Crippen LogP contribution >= 0.6 is 0 Å². The summed E-state index contributed by atoms with van der Waals surface area (Å²) < 4.78 is 0. The molecule has 1 unspecified atom stereocenters. The Morgan fingerprint density at radius 2 is 1.52 bits per heavy atom. The minimum absolute atomic E-state index is 0.0397. The first-order valence-electron chi connectivity index (χ1n) is 8.39. The number of hydrogen-bond donors (Lipinski definition) is 0. The first-order valence-corrected chi connectivity index (χ1v) is 8.39. The molecule has 1 amide bonds. The van der Waals surface area contributed by atoms with E-state index in [9.17, 15) is 4.79 Å². The topological polar surface area (TPSA) is 23.6 Å². The average molecular weight is 305 g/mol. The van der Waals surface area contributed by atoms with Crippen molar-refractivity contribution in [2.45, 2.75) is 19.3 Å². The number of benzene rings is 2. The van der Waals surface area contributed by atoms with E-state index in [2.05, 4.69) is 29.2 Å². The molecule has 0 radical (unpaired) electrons. The van der Waals surface area contributed by atoms with Gasteiger partial charge in [0, 0.05) is 17.9 Å². The second kappa shape index (κ2) is 6.07. The Kier molecular flexibility index (Phi) is 3.78. The molecule has 2 heterocycles. The van der Waals surface area contributed by atoms with Gasteiger partial charge in [0.2, 0.25) is 5.91 Å². The van der Waals surface area contributed by atoms with Crippen molar-refractivity contribution in [1.29, 1.82) is 0 Å². The van der Waals surface area contributed by atoms with Crippen molar-refractivity contribution in [3.8, 4) is 0 Å². The lowest BCUT2D eigenvalue weighted by molar-refractivity contribution is -0.120. The van der Waals surface area contributed by atoms with Gasteiger partial charge in [-0.05, 0) is 37.2 Å². The molecule has 2 aliphatic rings. The number of hydrogen-bond acceptors (Lipinski definition) is 2. The molecule has 0 aromatic heterocycles. The molecule has 0 saturated carbocycles. The molecule has 0 spiro atoms. The average Bonchev–Trinajstić information content (AvgIpc) is 3.23. The van der Waals surface area contributed by atoms with Gasteiger partial charge in [-0.25, -0.2) is 6.04 Å². The summed E-state index contributed by atoms with van der Waals surface area (Å²) in [6.07, 6.45) is 3.10. The number of carbonyl (C=O) groups excluding carboxylic acids is 1. The molecule has 2 aromatic rings. The summed E-state index contributed by atoms with van der Waals surface area (Å²) in [6, 6.07) is 21.8. The van der Waals surface area contributed by atoms with Crippen LogP contribution in [0.1, 0.15) is 19.3 Å². The molecule has 0 aliphatic carbocycles. The number of carbonyl (C=O) groups is 1. The Morgan fingerprint density at radius 1 is 0.870 bits per heavy atom. The second-order valence-corrected chi connectivity index (χ2v) is 6.25. The molecule has 1 atom stereocenters. The molecular formula is C20H21N2O-. The summed E-state index contributed by atoms with van der Waals surface area (Å²) in [5, 5.41) is 0. The molecule has 23 heavy (non-hydrogen) atoms. The SMILES string of the molecule is O=C1C([C-]2CCCN2c2ccccc2)CCN1c1ccccc1. The second-order valence-electron chi connectivity index (χ2n) is 6.25. The first-order chi connectivity index (χ1) is 11.3. The number of amides is 1. The van der Waals surface area contributed by atoms with Crippen molar-refractivity contribution in [2.24, 2.45) is 5.92 Å². The van der Waals surface area contributed by atoms with E-state index in [1.165, 1.54) is 11.7 Å². The van der Waals surface area contributed by atoms with Crippen molar-refractivity contribution >= 4 is 17.3 Å². The van der Waals surface area contributed by atoms with Crippen LogP contribution < -0.4 is 9.80 Å². The summed E-state index contributed by atoms with van der Waals surface area (Å²) in [7, 11) is 0. The quantitative estimate of drug-likeness (QED) is 0.804. The maximum Gasteiger partial charge on any atom is 0.201 e. The van der Waals surface area contributed by atoms with Gasteiger partial charge in [-0.3, -0.25) is 4.79 Å². The van der Waals surface area contributed by atoms with Crippen LogP contribution in [0.4, 0.5) is 11.4 Å². The van der Waals surface area contributed by atoms with E-state index in [4.69, 9.17) is 0 Å². The molecule has 2 aliphatic heterocycles. The zero-order valence-corrected chi connectivity index (χ0v) is 13.2. The molecule has 2 saturated heterocycles. The van der Waals surface area contributed by atoms with Gasteiger partial charge >= 0.3 is 0 Å². The summed E-state index contributed by atoms with van der Waals surface area (Å²) in [5.74, 6) is 0.298. The van der Waals surface area contributed by atoms with Gasteiger partial charge in [-0.1, -0.05) is 48.7 Å². The first kappa shape index (κ1) is 14.3. The van der Waals surface area contributed by atoms with E-state index in [1.807, 2.05) is 41.3 Å². The van der Waals surface area contributed by atoms with E-state index in [-0.39, 0.29) is 11.8 Å². The van der Waals surface area contributed by atoms with Gasteiger partial charge in [0.15, 0.2) is 0 Å². The highest BCUT2D eigenvalue weighted by atomic mass is 16.2. The monoisotopic (exact) mass is 305 g/mol. The Bertz CT molecular complexity index is 671. The maximum atomic E-state index is 12.9. The van der Waals surface area contributed by atoms with E-state index < -0.39 is 0 Å². The van der Waals surface area contributed by atoms with Gasteiger partial charge in [-0.2, -0.15) is 6.42 Å². The van der Waals surface area contributed by atoms with Crippen LogP contribution in [0.3, 0.4) is 0 Å². The molecule has 3 heteroatoms. The smallest absolute Gasteiger partial charge is 0.201 e. The summed E-state index contributed by atoms with van der Waals surface area (Å²) in [4.78, 5) is 17.3. The van der Waals surface area contributed by atoms with E-state index >= 15 is 0 Å². The van der Waals surface area contributed by atoms with Crippen molar-refractivity contribution < 1.29 is 4.79 Å². The third-order valence-corrected chi connectivity index (χ3v) is 4.90. The third kappa shape index (κ3) is 2.61. The minimum atomic E-state index is 0.0397. The highest BCUT2D eigenvalue weighted by Crippen LogP contribution is 2.40. The minimum Gasteiger partial charge on any atom is -0.519 e. The summed E-state index contributed by atoms with van der Waals surface area (Å²) in [6.45, 7) is 1.84. The predicted octanol–water partition coefficient (Wildman–Crippen LogP) is 3.87. The fraction of sp³-hybridized carbons (Fsp3) is 0.300. The molecule has 0 bridgehead atoms. The van der Waals surface area contributed by atoms with Crippen molar-refractivity contribution in [3.05, 3.63) is 66.7 Å². The molecule has 2 aromatic carbocycles. The van der Waals surface area contributed by atoms with Crippen LogP contribution in [-0.4, -0.2) is 19.0 Å². The number of nitrogens with zero attached hydrogens (tertiary/aromatic N) is 2. The number of anilines is 2. The fourth-order valence-corrected chi connectivity index (χ4v) is 3.82. The zero-order chi connectivity index (χ0) is 15.6. The van der Waals surface area contributed by atoms with Crippen molar-refractivity contribution in [2.75, 3.05) is 22.9 Å². The Morgan fingerprint density at radius 3 is 2.22 bits per heavy atom. The summed E-state index contributed by atoms with van der Waals surface area (Å²) in [5.41, 5.74) is 2.23. The Hall–Kier alpha value is -2.29. The van der Waals surface area contributed by atoms with E-state index in [0.717, 1.165) is 38.0 Å². The fourth-order valence-electron chi connectivity index (χ4n) is 3.82. The van der Waals surface area contributed by atoms with Crippen LogP contribution in [0, 0.1) is 12.0 Å². The van der Waals surface area contributed by atoms with Crippen LogP contribution in [0.2, 0.25) is 0 Å². The molecule has 2 fully saturated rings. The standard InChI is InChI=1S/C20H21N2O/c23-20-18(13-15-22(20)17-10-5-2-6-11-17)19-12-7-14-21(19)16-8-3-1-4-9-16/h1-6,8-11,18H,7,12-15H2/q-1. The normalized spacial score (nSPS) is 22.1. The van der Waals surface area contributed by atoms with Crippen molar-refractivity contribution in [1.82, 2.24) is 0 Å². The molecule has 118 valence electrons. The van der Waals surface area contributed by atoms with Crippen LogP contribution in [0.5, 0.6) is 0 Å². The lowest BCUT2D eigenvalue weighted by Crippen LogP contribution is -2.34. The Balaban J connectivity index is 1.55. The van der Waals surface area contributed by atoms with E-state index in [0.29, 0.717) is 0 Å². The molecule has 0 N–H and O–H groups in total. The number of para-hydroxylation sites is 2. The van der Waals surface area contributed by atoms with Gasteiger partial charge in [0.05, 0.1) is 0 Å². The number of rotatable bonds is 3. The van der Waals surface area contributed by atoms with Gasteiger partial charge in [0.25, 0.3) is 0 Å². The maximum absolute atomic E-state index is 12.9. The van der Waals surface area contributed by atoms with Gasteiger partial charge in [-0.15, -0.1) is 0 Å². The Labute approximate surface area is 137 Å². The highest BCUT2D eigenvalue weighted by molar-refractivity contribution is 5.98. The highest BCUT2D eigenvalue weighted by Gasteiger charge is 2.33. The van der Waals surface area contributed by atoms with Crippen molar-refractivity contribution in [3.63, 3.8) is 0 Å². The molecule has 4 rings (SSSR count). The van der Waals surface area contributed by atoms with Gasteiger partial charge < -0.3 is 9.80 Å². The zero-order valence-electron chi connectivity index (χ0n) is 13.2. The third-order valence-electron chi connectivity index (χ3n) is 4.90. The van der Waals surface area contributed by atoms with Gasteiger partial charge in [0.1, 0.15) is 0 Å². The predicted molar refractivity (Wildman–Crippen MR) is 93.2 cm³/mol. The molecular weight excluding hydrogens is 284 g/mol. The molecule has 3 nitrogen and oxygen atoms in total.